The molecule has 0 aromatic rings. The van der Waals surface area contributed by atoms with Gasteiger partial charge in [0.2, 0.25) is 0 Å². The van der Waals surface area contributed by atoms with Crippen LogP contribution in [0.25, 0.3) is 0 Å². The van der Waals surface area contributed by atoms with Crippen LogP contribution in [0.4, 0.5) is 0 Å². The van der Waals surface area contributed by atoms with Crippen molar-refractivity contribution in [1.82, 2.24) is 0 Å². The molecule has 4 N–H and O–H groups in total. The summed E-state index contributed by atoms with van der Waals surface area (Å²) in [4.78, 5) is 33.4. The monoisotopic (exact) mass is 572 g/mol. The number of rotatable bonds is 0. The van der Waals surface area contributed by atoms with E-state index in [2.05, 4.69) is 0 Å². The maximum atomic E-state index is 8.36. The van der Waals surface area contributed by atoms with Gasteiger partial charge in [-0.1, -0.05) is 0 Å². The van der Waals surface area contributed by atoms with Crippen molar-refractivity contribution in [3.8, 4) is 0 Å². The third-order valence-corrected chi connectivity index (χ3v) is 0. The summed E-state index contributed by atoms with van der Waals surface area (Å²) < 4.78 is 0. The van der Waals surface area contributed by atoms with Gasteiger partial charge in [0.15, 0.2) is 0 Å². The van der Waals surface area contributed by atoms with Crippen molar-refractivity contribution in [2.75, 3.05) is 0 Å². The summed E-state index contributed by atoms with van der Waals surface area (Å²) in [5.41, 5.74) is 0. The maximum absolute atomic E-state index is 8.36. The fourth-order valence-electron chi connectivity index (χ4n) is 0. The minimum atomic E-state index is -1.50. The number of hydrogen-bond donors (Lipinski definition) is 4. The molecule has 0 aromatic carbocycles. The van der Waals surface area contributed by atoms with Crippen LogP contribution in [0.15, 0.2) is 0 Å². The van der Waals surface area contributed by atoms with Crippen LogP contribution in [0.1, 0.15) is 0 Å². The van der Waals surface area contributed by atoms with Gasteiger partial charge in [-0.3, -0.25) is 0 Å². The Kier molecular flexibility index (Phi) is 223. The summed E-state index contributed by atoms with van der Waals surface area (Å²) in [5, 5.41) is 54.6. The number of hydrogen-bond acceptors (Lipinski definition) is 8. The molecule has 16 nitrogen and oxygen atoms in total. The molecule has 0 bridgehead atoms. The predicted molar refractivity (Wildman–Crippen MR) is 92.3 cm³/mol. The van der Waals surface area contributed by atoms with E-state index >= 15 is 0 Å². The van der Waals surface area contributed by atoms with Gasteiger partial charge < -0.3 is 20.8 Å². The van der Waals surface area contributed by atoms with Crippen LogP contribution in [-0.4, -0.2) is 452 Å². The Hall–Kier alpha value is 9.89. The second kappa shape index (κ2) is 69.8. The molecular weight excluding hydrogens is 561 g/mol. The quantitative estimate of drug-likeness (QED) is 0.120. The van der Waals surface area contributed by atoms with Gasteiger partial charge in [0.1, 0.15) is 0 Å². The average molecular weight is 573 g/mol. The van der Waals surface area contributed by atoms with E-state index in [0.29, 0.717) is 0 Å². The normalized spacial score (nSPS) is 4.00. The molecule has 0 rings (SSSR count). The Bertz CT molecular complexity index is 175. The summed E-state index contributed by atoms with van der Waals surface area (Å²) in [6.45, 7) is 0. The van der Waals surface area contributed by atoms with Crippen molar-refractivity contribution in [1.29, 1.82) is 0 Å². The molecular formula is H12K8N4O12. The summed E-state index contributed by atoms with van der Waals surface area (Å²) in [5.74, 6) is 0. The molecule has 112 valence electrons. The Morgan fingerprint density at radius 1 is 0.375 bits per heavy atom. The van der Waals surface area contributed by atoms with Gasteiger partial charge in [-0.15, -0.1) is 40.5 Å². The summed E-state index contributed by atoms with van der Waals surface area (Å²) in [7, 11) is 0. The van der Waals surface area contributed by atoms with Crippen LogP contribution in [0.3, 0.4) is 0 Å². The Balaban J connectivity index is -0.00000000720. The van der Waals surface area contributed by atoms with Crippen LogP contribution < -0.4 is 0 Å². The van der Waals surface area contributed by atoms with Gasteiger partial charge in [-0.05, 0) is 0 Å². The molecule has 24 heteroatoms. The van der Waals surface area contributed by atoms with Gasteiger partial charge in [0.25, 0.3) is 20.3 Å². The molecule has 0 aliphatic carbocycles. The Morgan fingerprint density at radius 3 is 0.375 bits per heavy atom. The van der Waals surface area contributed by atoms with Gasteiger partial charge in [-0.25, -0.2) is 0 Å². The summed E-state index contributed by atoms with van der Waals surface area (Å²) in [6.07, 6.45) is 0. The molecule has 0 aliphatic heterocycles. The van der Waals surface area contributed by atoms with Crippen molar-refractivity contribution >= 4 is 411 Å². The standard InChI is InChI=1S/8K.4HNO3.8H/c;;;;;;;;4*2-1(3)4;;;;;;;;/h;;;;;;;;4*(H,2,3,4);;;;;;;;. The predicted octanol–water partition coefficient (Wildman–Crippen LogP) is -6.58. The Morgan fingerprint density at radius 2 is 0.375 bits per heavy atom. The zero-order valence-electron chi connectivity index (χ0n) is 6.84. The van der Waals surface area contributed by atoms with Gasteiger partial charge in [0, 0.05) is 0 Å². The third-order valence-electron chi connectivity index (χ3n) is 0. The molecule has 0 aromatic heterocycles. The van der Waals surface area contributed by atoms with E-state index in [9.17, 15) is 0 Å². The molecule has 24 heavy (non-hydrogen) atoms. The summed E-state index contributed by atoms with van der Waals surface area (Å²) >= 11 is 0. The van der Waals surface area contributed by atoms with E-state index < -0.39 is 20.3 Å². The van der Waals surface area contributed by atoms with Crippen molar-refractivity contribution in [3.05, 3.63) is 40.5 Å². The van der Waals surface area contributed by atoms with Crippen molar-refractivity contribution in [2.45, 2.75) is 0 Å². The number of nitrogens with zero attached hydrogens (tertiary/aromatic N) is 4. The molecule has 0 radical (unpaired) electrons. The van der Waals surface area contributed by atoms with Crippen LogP contribution in [0.2, 0.25) is 0 Å². The Labute approximate surface area is 474 Å². The van der Waals surface area contributed by atoms with Crippen molar-refractivity contribution in [3.63, 3.8) is 0 Å². The van der Waals surface area contributed by atoms with Gasteiger partial charge in [0.05, 0.1) is 0 Å². The molecule has 0 amide bonds. The minimum absolute atomic E-state index is 0. The topological polar surface area (TPSA) is 253 Å². The molecule has 0 unspecified atom stereocenters. The first-order valence-electron chi connectivity index (χ1n) is 2.26. The first kappa shape index (κ1) is 76.5. The van der Waals surface area contributed by atoms with Crippen LogP contribution >= 0.6 is 0 Å². The van der Waals surface area contributed by atoms with Gasteiger partial charge in [-0.2, -0.15) is 0 Å². The second-order valence-corrected chi connectivity index (χ2v) is 0.951. The van der Waals surface area contributed by atoms with Crippen molar-refractivity contribution < 1.29 is 41.2 Å². The van der Waals surface area contributed by atoms with Crippen LogP contribution in [-0.2, 0) is 0 Å². The molecule has 0 atom stereocenters. The third kappa shape index (κ3) is 311. The van der Waals surface area contributed by atoms with E-state index in [-0.39, 0.29) is 411 Å². The van der Waals surface area contributed by atoms with E-state index in [0.717, 1.165) is 0 Å². The second-order valence-electron chi connectivity index (χ2n) is 0.951. The SMILES string of the molecule is O=[N+]([O-])O.O=[N+]([O-])O.O=[N+]([O-])O.O=[N+]([O-])O.[KH].[KH].[KH].[KH].[KH].[KH].[KH].[KH]. The first-order chi connectivity index (χ1) is 6.93. The molecule has 0 aliphatic rings. The summed E-state index contributed by atoms with van der Waals surface area (Å²) in [6, 6.07) is 0. The molecule has 0 fully saturated rings. The molecule has 0 spiro atoms. The first-order valence-corrected chi connectivity index (χ1v) is 2.26. The molecule has 0 heterocycles. The molecule has 0 saturated heterocycles. The fourth-order valence-corrected chi connectivity index (χ4v) is 0. The molecule has 0 saturated carbocycles. The van der Waals surface area contributed by atoms with Crippen molar-refractivity contribution in [2.24, 2.45) is 0 Å². The van der Waals surface area contributed by atoms with Crippen LogP contribution in [0.5, 0.6) is 0 Å². The zero-order valence-corrected chi connectivity index (χ0v) is 6.84. The van der Waals surface area contributed by atoms with E-state index in [1.807, 2.05) is 0 Å². The van der Waals surface area contributed by atoms with E-state index in [1.165, 1.54) is 0 Å². The van der Waals surface area contributed by atoms with E-state index in [1.54, 1.807) is 0 Å². The van der Waals surface area contributed by atoms with E-state index in [4.69, 9.17) is 61.3 Å². The van der Waals surface area contributed by atoms with Gasteiger partial charge >= 0.3 is 411 Å². The van der Waals surface area contributed by atoms with Crippen LogP contribution in [0, 0.1) is 40.5 Å². The fraction of sp³-hybridized carbons (Fsp3) is 0. The average Bonchev–Trinajstić information content (AvgIpc) is 1.76. The zero-order chi connectivity index (χ0) is 14.3.